The molecule has 0 bridgehead atoms. The molecule has 1 aromatic rings. The van der Waals surface area contributed by atoms with Crippen LogP contribution in [0.3, 0.4) is 0 Å². The summed E-state index contributed by atoms with van der Waals surface area (Å²) in [4.78, 5) is 10.9. The van der Waals surface area contributed by atoms with Crippen LogP contribution in [-0.2, 0) is 6.18 Å². The van der Waals surface area contributed by atoms with Crippen LogP contribution in [0.1, 0.15) is 18.4 Å². The molecule has 1 atom stereocenters. The summed E-state index contributed by atoms with van der Waals surface area (Å²) in [6, 6.07) is 2.76. The molecule has 128 valence electrons. The molecule has 0 N–H and O–H groups in total. The smallest absolute Gasteiger partial charge is 0.354 e. The van der Waals surface area contributed by atoms with Gasteiger partial charge < -0.3 is 9.80 Å². The topological polar surface area (TPSA) is 22.6 Å². The van der Waals surface area contributed by atoms with E-state index in [1.165, 1.54) is 19.0 Å². The fourth-order valence-electron chi connectivity index (χ4n) is 3.52. The maximum atomic E-state index is 12.8. The third-order valence-corrected chi connectivity index (χ3v) is 4.83. The second-order valence-electron chi connectivity index (χ2n) is 6.48. The molecule has 2 saturated heterocycles. The molecule has 0 unspecified atom stereocenters. The van der Waals surface area contributed by atoms with Gasteiger partial charge >= 0.3 is 6.18 Å². The van der Waals surface area contributed by atoms with E-state index >= 15 is 0 Å². The maximum absolute atomic E-state index is 12.8. The van der Waals surface area contributed by atoms with Crippen molar-refractivity contribution < 1.29 is 13.2 Å². The monoisotopic (exact) mass is 328 g/mol. The van der Waals surface area contributed by atoms with Crippen LogP contribution in [-0.4, -0.2) is 67.1 Å². The predicted molar refractivity (Wildman–Crippen MR) is 83.5 cm³/mol. The summed E-state index contributed by atoms with van der Waals surface area (Å²) < 4.78 is 38.5. The van der Waals surface area contributed by atoms with Crippen LogP contribution in [0.2, 0.25) is 0 Å². The van der Waals surface area contributed by atoms with Crippen LogP contribution in [0.5, 0.6) is 0 Å². The van der Waals surface area contributed by atoms with Crippen LogP contribution in [0.15, 0.2) is 18.3 Å². The second-order valence-corrected chi connectivity index (χ2v) is 6.48. The van der Waals surface area contributed by atoms with Gasteiger partial charge in [-0.1, -0.05) is 0 Å². The summed E-state index contributed by atoms with van der Waals surface area (Å²) in [5, 5.41) is 0. The molecule has 2 aliphatic heterocycles. The van der Waals surface area contributed by atoms with Gasteiger partial charge in [-0.25, -0.2) is 4.98 Å². The SMILES string of the molecule is CN1CCC[C@@H](N2CCN(c3cc(C(F)(F)F)ccn3)CC2)C1. The molecule has 3 rings (SSSR count). The Hall–Kier alpha value is -1.34. The van der Waals surface area contributed by atoms with Crippen molar-refractivity contribution in [2.45, 2.75) is 25.1 Å². The molecule has 0 amide bonds. The summed E-state index contributed by atoms with van der Waals surface area (Å²) >= 11 is 0. The third-order valence-electron chi connectivity index (χ3n) is 4.83. The Balaban J connectivity index is 1.61. The first kappa shape index (κ1) is 16.5. The zero-order chi connectivity index (χ0) is 16.4. The van der Waals surface area contributed by atoms with Gasteiger partial charge in [0.1, 0.15) is 5.82 Å². The van der Waals surface area contributed by atoms with E-state index in [9.17, 15) is 13.2 Å². The van der Waals surface area contributed by atoms with E-state index < -0.39 is 11.7 Å². The average Bonchev–Trinajstić information content (AvgIpc) is 2.54. The minimum atomic E-state index is -4.31. The van der Waals surface area contributed by atoms with Crippen LogP contribution in [0.4, 0.5) is 19.0 Å². The number of aromatic nitrogens is 1. The summed E-state index contributed by atoms with van der Waals surface area (Å²) in [5.41, 5.74) is -0.626. The van der Waals surface area contributed by atoms with Crippen molar-refractivity contribution in [3.8, 4) is 0 Å². The maximum Gasteiger partial charge on any atom is 0.416 e. The number of hydrogen-bond acceptors (Lipinski definition) is 4. The van der Waals surface area contributed by atoms with Crippen molar-refractivity contribution >= 4 is 5.82 Å². The number of rotatable bonds is 2. The van der Waals surface area contributed by atoms with Crippen molar-refractivity contribution in [1.82, 2.24) is 14.8 Å². The highest BCUT2D eigenvalue weighted by molar-refractivity contribution is 5.42. The van der Waals surface area contributed by atoms with E-state index in [4.69, 9.17) is 0 Å². The standard InChI is InChI=1S/C16H23F3N4/c1-21-6-2-3-14(12-21)22-7-9-23(10-8-22)15-11-13(4-5-20-15)16(17,18)19/h4-5,11,14H,2-3,6-10,12H2,1H3/t14-/m1/s1. The van der Waals surface area contributed by atoms with Gasteiger partial charge in [0, 0.05) is 45.0 Å². The van der Waals surface area contributed by atoms with Crippen molar-refractivity contribution in [3.05, 3.63) is 23.9 Å². The Kier molecular flexibility index (Phi) is 4.77. The molecule has 3 heterocycles. The van der Waals surface area contributed by atoms with E-state index in [2.05, 4.69) is 21.8 Å². The highest BCUT2D eigenvalue weighted by Crippen LogP contribution is 2.31. The summed E-state index contributed by atoms with van der Waals surface area (Å²) in [6.07, 6.45) is -0.629. The van der Waals surface area contributed by atoms with Crippen molar-refractivity contribution in [1.29, 1.82) is 0 Å². The fraction of sp³-hybridized carbons (Fsp3) is 0.688. The van der Waals surface area contributed by atoms with Gasteiger partial charge in [0.2, 0.25) is 0 Å². The number of nitrogens with zero attached hydrogens (tertiary/aromatic N) is 4. The number of likely N-dealkylation sites (tertiary alicyclic amines) is 1. The molecule has 7 heteroatoms. The zero-order valence-electron chi connectivity index (χ0n) is 13.4. The van der Waals surface area contributed by atoms with Crippen LogP contribution in [0, 0.1) is 0 Å². The number of anilines is 1. The summed E-state index contributed by atoms with van der Waals surface area (Å²) in [5.74, 6) is 0.431. The molecule has 23 heavy (non-hydrogen) atoms. The van der Waals surface area contributed by atoms with Gasteiger partial charge in [-0.3, -0.25) is 4.90 Å². The number of piperazine rings is 1. The van der Waals surface area contributed by atoms with Gasteiger partial charge in [0.05, 0.1) is 5.56 Å². The molecule has 4 nitrogen and oxygen atoms in total. The first-order valence-corrected chi connectivity index (χ1v) is 8.14. The third kappa shape index (κ3) is 3.95. The Morgan fingerprint density at radius 1 is 1.13 bits per heavy atom. The lowest BCUT2D eigenvalue weighted by Gasteiger charge is -2.43. The molecule has 0 saturated carbocycles. The second kappa shape index (κ2) is 6.65. The average molecular weight is 328 g/mol. The van der Waals surface area contributed by atoms with Crippen LogP contribution >= 0.6 is 0 Å². The van der Waals surface area contributed by atoms with E-state index in [0.717, 1.165) is 51.4 Å². The molecule has 2 aliphatic rings. The van der Waals surface area contributed by atoms with E-state index in [-0.39, 0.29) is 0 Å². The molecule has 0 spiro atoms. The molecule has 1 aromatic heterocycles. The van der Waals surface area contributed by atoms with Gasteiger partial charge in [-0.15, -0.1) is 0 Å². The molecular formula is C16H23F3N4. The number of likely N-dealkylation sites (N-methyl/N-ethyl adjacent to an activating group) is 1. The number of pyridine rings is 1. The normalized spacial score (nSPS) is 24.9. The van der Waals surface area contributed by atoms with Crippen molar-refractivity contribution in [2.24, 2.45) is 0 Å². The Morgan fingerprint density at radius 2 is 1.87 bits per heavy atom. The Bertz CT molecular complexity index is 526. The zero-order valence-corrected chi connectivity index (χ0v) is 13.4. The first-order chi connectivity index (χ1) is 10.9. The number of halogens is 3. The molecule has 0 radical (unpaired) electrons. The predicted octanol–water partition coefficient (Wildman–Crippen LogP) is 2.32. The van der Waals surface area contributed by atoms with E-state index in [1.54, 1.807) is 0 Å². The van der Waals surface area contributed by atoms with Crippen LogP contribution < -0.4 is 4.90 Å². The van der Waals surface area contributed by atoms with E-state index in [1.807, 2.05) is 4.90 Å². The highest BCUT2D eigenvalue weighted by Gasteiger charge is 2.32. The van der Waals surface area contributed by atoms with Gasteiger partial charge in [0.25, 0.3) is 0 Å². The van der Waals surface area contributed by atoms with Crippen molar-refractivity contribution in [2.75, 3.05) is 51.2 Å². The van der Waals surface area contributed by atoms with Gasteiger partial charge in [-0.05, 0) is 38.6 Å². The summed E-state index contributed by atoms with van der Waals surface area (Å²) in [6.45, 7) is 5.47. The molecule has 0 aliphatic carbocycles. The van der Waals surface area contributed by atoms with Crippen molar-refractivity contribution in [3.63, 3.8) is 0 Å². The lowest BCUT2D eigenvalue weighted by atomic mass is 10.0. The Morgan fingerprint density at radius 3 is 2.52 bits per heavy atom. The molecular weight excluding hydrogens is 305 g/mol. The van der Waals surface area contributed by atoms with Gasteiger partial charge in [-0.2, -0.15) is 13.2 Å². The van der Waals surface area contributed by atoms with E-state index in [0.29, 0.717) is 11.9 Å². The quantitative estimate of drug-likeness (QED) is 0.831. The van der Waals surface area contributed by atoms with Crippen LogP contribution in [0.25, 0.3) is 0 Å². The minimum Gasteiger partial charge on any atom is -0.354 e. The molecule has 2 fully saturated rings. The Labute approximate surface area is 134 Å². The minimum absolute atomic E-state index is 0.431. The lowest BCUT2D eigenvalue weighted by Crippen LogP contribution is -2.54. The first-order valence-electron chi connectivity index (χ1n) is 8.14. The largest absolute Gasteiger partial charge is 0.416 e. The number of alkyl halides is 3. The fourth-order valence-corrected chi connectivity index (χ4v) is 3.52. The number of hydrogen-bond donors (Lipinski definition) is 0. The summed E-state index contributed by atoms with van der Waals surface area (Å²) in [7, 11) is 2.15. The van der Waals surface area contributed by atoms with Gasteiger partial charge in [0.15, 0.2) is 0 Å². The molecule has 0 aromatic carbocycles. The number of piperidine rings is 1. The highest BCUT2D eigenvalue weighted by atomic mass is 19.4. The lowest BCUT2D eigenvalue weighted by molar-refractivity contribution is -0.137.